The second kappa shape index (κ2) is 11.2. The van der Waals surface area contributed by atoms with E-state index >= 15 is 0 Å². The lowest BCUT2D eigenvalue weighted by Crippen LogP contribution is -2.52. The molecule has 2 aromatic rings. The van der Waals surface area contributed by atoms with Crippen LogP contribution in [0.4, 0.5) is 5.69 Å². The zero-order chi connectivity index (χ0) is 24.8. The summed E-state index contributed by atoms with van der Waals surface area (Å²) in [5.74, 6) is -0.185. The Balaban J connectivity index is 2.40. The van der Waals surface area contributed by atoms with Gasteiger partial charge in [-0.2, -0.15) is 0 Å². The van der Waals surface area contributed by atoms with E-state index in [1.54, 1.807) is 50.4 Å². The minimum Gasteiger partial charge on any atom is -0.497 e. The molecule has 33 heavy (non-hydrogen) atoms. The van der Waals surface area contributed by atoms with E-state index in [1.807, 2.05) is 32.9 Å². The smallest absolute Gasteiger partial charge is 0.244 e. The molecule has 0 aliphatic carbocycles. The van der Waals surface area contributed by atoms with Gasteiger partial charge in [-0.1, -0.05) is 24.3 Å². The van der Waals surface area contributed by atoms with Gasteiger partial charge in [-0.25, -0.2) is 8.42 Å². The molecule has 2 aromatic carbocycles. The molecule has 0 fully saturated rings. The van der Waals surface area contributed by atoms with Gasteiger partial charge >= 0.3 is 0 Å². The normalized spacial score (nSPS) is 12.2. The number of nitrogens with one attached hydrogen (secondary N) is 1. The van der Waals surface area contributed by atoms with Crippen molar-refractivity contribution in [2.45, 2.75) is 46.3 Å². The third-order valence-electron chi connectivity index (χ3n) is 5.05. The summed E-state index contributed by atoms with van der Waals surface area (Å²) in [4.78, 5) is 27.6. The van der Waals surface area contributed by atoms with Crippen molar-refractivity contribution in [2.75, 3.05) is 24.2 Å². The third kappa shape index (κ3) is 7.49. The van der Waals surface area contributed by atoms with Crippen LogP contribution in [0.1, 0.15) is 31.9 Å². The van der Waals surface area contributed by atoms with Crippen LogP contribution in [0.25, 0.3) is 0 Å². The van der Waals surface area contributed by atoms with Gasteiger partial charge < -0.3 is 15.0 Å². The molecule has 1 atom stereocenters. The monoisotopic (exact) mass is 475 g/mol. The summed E-state index contributed by atoms with van der Waals surface area (Å²) < 4.78 is 31.4. The predicted molar refractivity (Wildman–Crippen MR) is 130 cm³/mol. The number of benzene rings is 2. The second-order valence-corrected chi connectivity index (χ2v) is 10.2. The first-order valence-corrected chi connectivity index (χ1v) is 12.5. The second-order valence-electron chi connectivity index (χ2n) is 8.32. The highest BCUT2D eigenvalue weighted by atomic mass is 32.2. The number of anilines is 1. The van der Waals surface area contributed by atoms with Crippen LogP contribution < -0.4 is 14.4 Å². The molecule has 0 spiro atoms. The van der Waals surface area contributed by atoms with E-state index in [2.05, 4.69) is 5.32 Å². The van der Waals surface area contributed by atoms with E-state index in [9.17, 15) is 18.0 Å². The van der Waals surface area contributed by atoms with Crippen molar-refractivity contribution in [3.63, 3.8) is 0 Å². The van der Waals surface area contributed by atoms with Crippen LogP contribution in [0, 0.1) is 6.92 Å². The maximum Gasteiger partial charge on any atom is 0.244 e. The molecule has 2 amide bonds. The Morgan fingerprint density at radius 3 is 2.30 bits per heavy atom. The van der Waals surface area contributed by atoms with Gasteiger partial charge in [0.25, 0.3) is 0 Å². The van der Waals surface area contributed by atoms with Crippen molar-refractivity contribution in [1.82, 2.24) is 10.2 Å². The molecule has 0 aliphatic heterocycles. The van der Waals surface area contributed by atoms with Crippen molar-refractivity contribution in [3.05, 3.63) is 59.7 Å². The summed E-state index contributed by atoms with van der Waals surface area (Å²) in [5, 5.41) is 2.82. The van der Waals surface area contributed by atoms with E-state index in [4.69, 9.17) is 4.74 Å². The number of aryl methyl sites for hydroxylation is 1. The highest BCUT2D eigenvalue weighted by Gasteiger charge is 2.30. The summed E-state index contributed by atoms with van der Waals surface area (Å²) in [6.07, 6.45) is 1.06. The number of ether oxygens (including phenoxy) is 1. The molecule has 9 heteroatoms. The molecule has 180 valence electrons. The lowest BCUT2D eigenvalue weighted by Gasteiger charge is -2.32. The van der Waals surface area contributed by atoms with Gasteiger partial charge in [0.2, 0.25) is 21.8 Å². The lowest BCUT2D eigenvalue weighted by molar-refractivity contribution is -0.139. The minimum absolute atomic E-state index is 0.103. The Kier molecular flexibility index (Phi) is 8.87. The summed E-state index contributed by atoms with van der Waals surface area (Å²) in [6.45, 7) is 6.84. The minimum atomic E-state index is -3.75. The van der Waals surface area contributed by atoms with Crippen molar-refractivity contribution < 1.29 is 22.7 Å². The molecule has 0 aromatic heterocycles. The lowest BCUT2D eigenvalue weighted by atomic mass is 10.1. The summed E-state index contributed by atoms with van der Waals surface area (Å²) in [7, 11) is -2.20. The van der Waals surface area contributed by atoms with Crippen LogP contribution in [0.5, 0.6) is 5.75 Å². The van der Waals surface area contributed by atoms with Gasteiger partial charge in [0.15, 0.2) is 0 Å². The SMILES string of the molecule is COc1cccc(CN(C(=O)CN(c2cccc(C)c2)S(C)(=O)=O)[C@@H](C)C(=O)NC(C)C)c1. The van der Waals surface area contributed by atoms with Crippen LogP contribution >= 0.6 is 0 Å². The maximum absolute atomic E-state index is 13.5. The van der Waals surface area contributed by atoms with Gasteiger partial charge in [0, 0.05) is 12.6 Å². The Bertz CT molecular complexity index is 1090. The standard InChI is InChI=1S/C24H33N3O5S/c1-17(2)25-24(29)19(4)26(15-20-10-8-12-22(14-20)32-5)23(28)16-27(33(6,30)31)21-11-7-9-18(3)13-21/h7-14,17,19H,15-16H2,1-6H3,(H,25,29)/t19-/m0/s1. The fourth-order valence-corrected chi connectivity index (χ4v) is 4.19. The number of hydrogen-bond donors (Lipinski definition) is 1. The Morgan fingerprint density at radius 1 is 1.06 bits per heavy atom. The summed E-state index contributed by atoms with van der Waals surface area (Å²) in [5.41, 5.74) is 2.02. The fourth-order valence-electron chi connectivity index (χ4n) is 3.35. The van der Waals surface area contributed by atoms with Crippen molar-refractivity contribution in [1.29, 1.82) is 0 Å². The Hall–Kier alpha value is -3.07. The molecule has 0 saturated heterocycles. The molecule has 2 rings (SSSR count). The third-order valence-corrected chi connectivity index (χ3v) is 6.19. The first kappa shape index (κ1) is 26.2. The number of hydrogen-bond acceptors (Lipinski definition) is 5. The predicted octanol–water partition coefficient (Wildman–Crippen LogP) is 2.71. The van der Waals surface area contributed by atoms with E-state index in [-0.39, 0.29) is 18.5 Å². The van der Waals surface area contributed by atoms with Crippen LogP contribution in [-0.4, -0.2) is 57.1 Å². The topological polar surface area (TPSA) is 96.0 Å². The van der Waals surface area contributed by atoms with Gasteiger partial charge in [-0.15, -0.1) is 0 Å². The average Bonchev–Trinajstić information content (AvgIpc) is 2.74. The van der Waals surface area contributed by atoms with Gasteiger partial charge in [-0.05, 0) is 63.1 Å². The van der Waals surface area contributed by atoms with E-state index in [0.717, 1.165) is 21.7 Å². The number of amides is 2. The number of nitrogens with zero attached hydrogens (tertiary/aromatic N) is 2. The number of rotatable bonds is 10. The number of carbonyl (C=O) groups excluding carboxylic acids is 2. The number of carbonyl (C=O) groups is 2. The maximum atomic E-state index is 13.5. The van der Waals surface area contributed by atoms with Gasteiger partial charge in [-0.3, -0.25) is 13.9 Å². The highest BCUT2D eigenvalue weighted by Crippen LogP contribution is 2.21. The van der Waals surface area contributed by atoms with Crippen molar-refractivity contribution in [3.8, 4) is 5.75 Å². The largest absolute Gasteiger partial charge is 0.497 e. The molecule has 0 unspecified atom stereocenters. The van der Waals surface area contributed by atoms with E-state index in [0.29, 0.717) is 11.4 Å². The molecular formula is C24H33N3O5S. The molecular weight excluding hydrogens is 442 g/mol. The van der Waals surface area contributed by atoms with Crippen molar-refractivity contribution >= 4 is 27.5 Å². The molecule has 0 heterocycles. The van der Waals surface area contributed by atoms with Crippen molar-refractivity contribution in [2.24, 2.45) is 0 Å². The number of sulfonamides is 1. The average molecular weight is 476 g/mol. The molecule has 1 N–H and O–H groups in total. The van der Waals surface area contributed by atoms with Crippen LogP contribution in [0.15, 0.2) is 48.5 Å². The van der Waals surface area contributed by atoms with Crippen LogP contribution in [0.2, 0.25) is 0 Å². The molecule has 0 bridgehead atoms. The Morgan fingerprint density at radius 2 is 1.73 bits per heavy atom. The quantitative estimate of drug-likeness (QED) is 0.570. The van der Waals surface area contributed by atoms with Crippen LogP contribution in [0.3, 0.4) is 0 Å². The van der Waals surface area contributed by atoms with Gasteiger partial charge in [0.05, 0.1) is 19.1 Å². The molecule has 0 aliphatic rings. The zero-order valence-electron chi connectivity index (χ0n) is 20.0. The fraction of sp³-hybridized carbons (Fsp3) is 0.417. The van der Waals surface area contributed by atoms with Crippen LogP contribution in [-0.2, 0) is 26.2 Å². The van der Waals surface area contributed by atoms with Gasteiger partial charge in [0.1, 0.15) is 18.3 Å². The highest BCUT2D eigenvalue weighted by molar-refractivity contribution is 7.92. The Labute approximate surface area is 196 Å². The first-order chi connectivity index (χ1) is 15.4. The molecule has 8 nitrogen and oxygen atoms in total. The van der Waals surface area contributed by atoms with E-state index < -0.39 is 28.5 Å². The zero-order valence-corrected chi connectivity index (χ0v) is 20.8. The molecule has 0 radical (unpaired) electrons. The number of methoxy groups -OCH3 is 1. The summed E-state index contributed by atoms with van der Waals surface area (Å²) >= 11 is 0. The first-order valence-electron chi connectivity index (χ1n) is 10.7. The summed E-state index contributed by atoms with van der Waals surface area (Å²) in [6, 6.07) is 13.2. The van der Waals surface area contributed by atoms with E-state index in [1.165, 1.54) is 4.90 Å². The molecule has 0 saturated carbocycles.